The number of rotatable bonds is 2. The molecule has 0 bridgehead atoms. The van der Waals surface area contributed by atoms with E-state index in [1.54, 1.807) is 0 Å². The molecule has 1 aromatic rings. The molecule has 11 heavy (non-hydrogen) atoms. The summed E-state index contributed by atoms with van der Waals surface area (Å²) in [6.45, 7) is 2.46. The number of halogens is 2. The van der Waals surface area contributed by atoms with Crippen LogP contribution in [0.5, 0.6) is 5.88 Å². The molecular formula is C6H6ClIN2O. The smallest absolute Gasteiger partial charge is 0.247 e. The average molecular weight is 284 g/mol. The molecule has 0 aliphatic rings. The minimum atomic E-state index is 0.355. The van der Waals surface area contributed by atoms with Gasteiger partial charge in [-0.2, -0.15) is 4.98 Å². The Morgan fingerprint density at radius 1 is 1.73 bits per heavy atom. The predicted molar refractivity (Wildman–Crippen MR) is 50.9 cm³/mol. The lowest BCUT2D eigenvalue weighted by atomic mass is 10.7. The summed E-state index contributed by atoms with van der Waals surface area (Å²) in [6, 6.07) is 0. The van der Waals surface area contributed by atoms with Crippen LogP contribution in [-0.2, 0) is 0 Å². The second-order valence-electron chi connectivity index (χ2n) is 1.72. The van der Waals surface area contributed by atoms with E-state index in [0.29, 0.717) is 17.6 Å². The van der Waals surface area contributed by atoms with Crippen molar-refractivity contribution in [3.8, 4) is 5.88 Å². The largest absolute Gasteiger partial charge is 0.476 e. The molecule has 0 N–H and O–H groups in total. The molecule has 0 radical (unpaired) electrons. The van der Waals surface area contributed by atoms with Crippen LogP contribution in [0.2, 0.25) is 5.15 Å². The Morgan fingerprint density at radius 2 is 2.45 bits per heavy atom. The fraction of sp³-hybridized carbons (Fsp3) is 0.333. The van der Waals surface area contributed by atoms with Crippen molar-refractivity contribution in [1.82, 2.24) is 9.97 Å². The molecular weight excluding hydrogens is 278 g/mol. The van der Waals surface area contributed by atoms with Crippen LogP contribution in [0.1, 0.15) is 6.92 Å². The van der Waals surface area contributed by atoms with Crippen molar-refractivity contribution in [2.24, 2.45) is 0 Å². The third kappa shape index (κ3) is 2.44. The van der Waals surface area contributed by atoms with Crippen molar-refractivity contribution in [3.63, 3.8) is 0 Å². The van der Waals surface area contributed by atoms with Gasteiger partial charge in [0.1, 0.15) is 0 Å². The molecule has 0 saturated heterocycles. The summed E-state index contributed by atoms with van der Waals surface area (Å²) >= 11 is 7.64. The van der Waals surface area contributed by atoms with Gasteiger partial charge in [0.25, 0.3) is 0 Å². The molecule has 0 aliphatic heterocycles. The predicted octanol–water partition coefficient (Wildman–Crippen LogP) is 2.13. The normalized spacial score (nSPS) is 9.73. The van der Waals surface area contributed by atoms with Crippen LogP contribution in [0.15, 0.2) is 6.20 Å². The van der Waals surface area contributed by atoms with E-state index in [4.69, 9.17) is 16.3 Å². The highest BCUT2D eigenvalue weighted by Gasteiger charge is 2.03. The topological polar surface area (TPSA) is 35.0 Å². The molecule has 1 heterocycles. The Morgan fingerprint density at radius 3 is 3.09 bits per heavy atom. The number of hydrogen-bond donors (Lipinski definition) is 0. The lowest BCUT2D eigenvalue weighted by Crippen LogP contribution is -1.98. The Hall–Kier alpha value is -0.100. The SMILES string of the molecule is CCOc1nc(Cl)cnc1I. The Balaban J connectivity index is 2.93. The number of aromatic nitrogens is 2. The van der Waals surface area contributed by atoms with Gasteiger partial charge < -0.3 is 4.74 Å². The lowest BCUT2D eigenvalue weighted by molar-refractivity contribution is 0.322. The van der Waals surface area contributed by atoms with Crippen LogP contribution < -0.4 is 4.74 Å². The van der Waals surface area contributed by atoms with Gasteiger partial charge >= 0.3 is 0 Å². The maximum atomic E-state index is 5.60. The monoisotopic (exact) mass is 284 g/mol. The fourth-order valence-corrected chi connectivity index (χ4v) is 1.11. The van der Waals surface area contributed by atoms with E-state index in [-0.39, 0.29) is 0 Å². The van der Waals surface area contributed by atoms with E-state index in [2.05, 4.69) is 9.97 Å². The number of nitrogens with zero attached hydrogens (tertiary/aromatic N) is 2. The highest BCUT2D eigenvalue weighted by atomic mass is 127. The maximum Gasteiger partial charge on any atom is 0.247 e. The highest BCUT2D eigenvalue weighted by Crippen LogP contribution is 2.17. The van der Waals surface area contributed by atoms with Gasteiger partial charge in [-0.15, -0.1) is 0 Å². The summed E-state index contributed by atoms with van der Waals surface area (Å²) in [7, 11) is 0. The first-order chi connectivity index (χ1) is 5.24. The van der Waals surface area contributed by atoms with Gasteiger partial charge in [-0.3, -0.25) is 0 Å². The van der Waals surface area contributed by atoms with E-state index in [9.17, 15) is 0 Å². The fourth-order valence-electron chi connectivity index (χ4n) is 0.566. The second-order valence-corrected chi connectivity index (χ2v) is 3.13. The Labute approximate surface area is 83.3 Å². The minimum Gasteiger partial charge on any atom is -0.476 e. The summed E-state index contributed by atoms with van der Waals surface area (Å²) in [4.78, 5) is 7.90. The van der Waals surface area contributed by atoms with Crippen LogP contribution in [0, 0.1) is 3.70 Å². The standard InChI is InChI=1S/C6H6ClIN2O/c1-2-11-6-5(8)9-3-4(7)10-6/h3H,2H2,1H3. The summed E-state index contributed by atoms with van der Waals surface area (Å²) < 4.78 is 5.88. The first kappa shape index (κ1) is 8.99. The van der Waals surface area contributed by atoms with Gasteiger partial charge in [-0.05, 0) is 29.5 Å². The zero-order valence-electron chi connectivity index (χ0n) is 5.84. The van der Waals surface area contributed by atoms with E-state index < -0.39 is 0 Å². The van der Waals surface area contributed by atoms with Gasteiger partial charge in [-0.1, -0.05) is 11.6 Å². The summed E-state index contributed by atoms with van der Waals surface area (Å²) in [5.74, 6) is 0.501. The van der Waals surface area contributed by atoms with Gasteiger partial charge in [-0.25, -0.2) is 4.98 Å². The van der Waals surface area contributed by atoms with E-state index in [1.165, 1.54) is 6.20 Å². The quantitative estimate of drug-likeness (QED) is 0.781. The molecule has 0 spiro atoms. The van der Waals surface area contributed by atoms with Crippen LogP contribution in [0.4, 0.5) is 0 Å². The van der Waals surface area contributed by atoms with Crippen LogP contribution >= 0.6 is 34.2 Å². The molecule has 0 aromatic carbocycles. The van der Waals surface area contributed by atoms with Crippen LogP contribution in [0.25, 0.3) is 0 Å². The number of ether oxygens (including phenoxy) is 1. The molecule has 0 unspecified atom stereocenters. The molecule has 0 aliphatic carbocycles. The molecule has 0 atom stereocenters. The van der Waals surface area contributed by atoms with Crippen molar-refractivity contribution in [1.29, 1.82) is 0 Å². The van der Waals surface area contributed by atoms with Crippen molar-refractivity contribution in [2.45, 2.75) is 6.92 Å². The lowest BCUT2D eigenvalue weighted by Gasteiger charge is -2.02. The molecule has 0 fully saturated rings. The Kier molecular flexibility index (Phi) is 3.32. The molecule has 5 heteroatoms. The van der Waals surface area contributed by atoms with Crippen LogP contribution in [-0.4, -0.2) is 16.6 Å². The summed E-state index contributed by atoms with van der Waals surface area (Å²) in [6.07, 6.45) is 1.49. The molecule has 0 amide bonds. The minimum absolute atomic E-state index is 0.355. The zero-order chi connectivity index (χ0) is 8.27. The molecule has 60 valence electrons. The van der Waals surface area contributed by atoms with E-state index in [0.717, 1.165) is 3.70 Å². The van der Waals surface area contributed by atoms with Crippen molar-refractivity contribution >= 4 is 34.2 Å². The highest BCUT2D eigenvalue weighted by molar-refractivity contribution is 14.1. The first-order valence-corrected chi connectivity index (χ1v) is 4.50. The third-order valence-corrected chi connectivity index (χ3v) is 1.87. The van der Waals surface area contributed by atoms with Crippen LogP contribution in [0.3, 0.4) is 0 Å². The van der Waals surface area contributed by atoms with Crippen molar-refractivity contribution in [2.75, 3.05) is 6.61 Å². The van der Waals surface area contributed by atoms with E-state index >= 15 is 0 Å². The molecule has 1 aromatic heterocycles. The second kappa shape index (κ2) is 4.06. The summed E-state index contributed by atoms with van der Waals surface area (Å²) in [5.41, 5.74) is 0. The van der Waals surface area contributed by atoms with Gasteiger partial charge in [0.05, 0.1) is 12.8 Å². The van der Waals surface area contributed by atoms with Crippen molar-refractivity contribution in [3.05, 3.63) is 15.1 Å². The third-order valence-electron chi connectivity index (χ3n) is 0.950. The number of hydrogen-bond acceptors (Lipinski definition) is 3. The van der Waals surface area contributed by atoms with E-state index in [1.807, 2.05) is 29.5 Å². The molecule has 0 saturated carbocycles. The first-order valence-electron chi connectivity index (χ1n) is 3.05. The van der Waals surface area contributed by atoms with Gasteiger partial charge in [0, 0.05) is 0 Å². The van der Waals surface area contributed by atoms with Gasteiger partial charge in [0.15, 0.2) is 8.85 Å². The Bertz CT molecular complexity index is 256. The summed E-state index contributed by atoms with van der Waals surface area (Å²) in [5, 5.41) is 0.355. The molecule has 3 nitrogen and oxygen atoms in total. The van der Waals surface area contributed by atoms with Crippen molar-refractivity contribution < 1.29 is 4.74 Å². The zero-order valence-corrected chi connectivity index (χ0v) is 8.76. The molecule has 1 rings (SSSR count). The van der Waals surface area contributed by atoms with Gasteiger partial charge in [0.2, 0.25) is 5.88 Å². The maximum absolute atomic E-state index is 5.60. The average Bonchev–Trinajstić information content (AvgIpc) is 1.98.